The van der Waals surface area contributed by atoms with E-state index in [1.165, 1.54) is 43.5 Å². The molecule has 0 amide bonds. The Morgan fingerprint density at radius 1 is 1.28 bits per heavy atom. The molecule has 1 aromatic carbocycles. The van der Waals surface area contributed by atoms with Gasteiger partial charge in [-0.25, -0.2) is 0 Å². The van der Waals surface area contributed by atoms with Gasteiger partial charge in [0.15, 0.2) is 0 Å². The van der Waals surface area contributed by atoms with E-state index in [1.54, 1.807) is 0 Å². The Kier molecular flexibility index (Phi) is 3.49. The zero-order chi connectivity index (χ0) is 12.5. The molecular formula is C15H21ClN2. The number of rotatable bonds is 6. The van der Waals surface area contributed by atoms with Crippen molar-refractivity contribution in [2.24, 2.45) is 5.92 Å². The van der Waals surface area contributed by atoms with Gasteiger partial charge in [-0.3, -0.25) is 0 Å². The lowest BCUT2D eigenvalue weighted by Crippen LogP contribution is -2.29. The van der Waals surface area contributed by atoms with Gasteiger partial charge < -0.3 is 10.2 Å². The number of hydrogen-bond acceptors (Lipinski definition) is 2. The van der Waals surface area contributed by atoms with Crippen molar-refractivity contribution in [1.29, 1.82) is 0 Å². The fourth-order valence-corrected chi connectivity index (χ4v) is 2.81. The van der Waals surface area contributed by atoms with Gasteiger partial charge in [0.25, 0.3) is 0 Å². The van der Waals surface area contributed by atoms with Crippen LogP contribution in [0.5, 0.6) is 0 Å². The molecule has 0 unspecified atom stereocenters. The first kappa shape index (κ1) is 12.3. The van der Waals surface area contributed by atoms with Crippen LogP contribution >= 0.6 is 11.6 Å². The van der Waals surface area contributed by atoms with E-state index >= 15 is 0 Å². The quantitative estimate of drug-likeness (QED) is 0.847. The summed E-state index contributed by atoms with van der Waals surface area (Å²) >= 11 is 6.36. The number of anilines is 1. The zero-order valence-corrected chi connectivity index (χ0v) is 11.7. The summed E-state index contributed by atoms with van der Waals surface area (Å²) in [5, 5.41) is 4.13. The normalized spacial score (nSPS) is 19.0. The Morgan fingerprint density at radius 2 is 2.06 bits per heavy atom. The van der Waals surface area contributed by atoms with E-state index in [2.05, 4.69) is 22.3 Å². The number of hydrogen-bond donors (Lipinski definition) is 1. The molecule has 2 aliphatic rings. The van der Waals surface area contributed by atoms with Crippen LogP contribution in [0.4, 0.5) is 5.69 Å². The maximum atomic E-state index is 6.36. The van der Waals surface area contributed by atoms with Crippen LogP contribution in [0.15, 0.2) is 18.2 Å². The lowest BCUT2D eigenvalue weighted by molar-refractivity contribution is 0.709. The van der Waals surface area contributed by atoms with Crippen LogP contribution in [-0.2, 0) is 6.54 Å². The van der Waals surface area contributed by atoms with Crippen LogP contribution in [0.2, 0.25) is 5.02 Å². The van der Waals surface area contributed by atoms with Gasteiger partial charge in [0.05, 0.1) is 0 Å². The predicted molar refractivity (Wildman–Crippen MR) is 77.3 cm³/mol. The number of halogens is 1. The molecule has 2 aliphatic carbocycles. The van der Waals surface area contributed by atoms with Crippen LogP contribution < -0.4 is 10.2 Å². The molecule has 0 bridgehead atoms. The van der Waals surface area contributed by atoms with Crippen LogP contribution in [0.3, 0.4) is 0 Å². The van der Waals surface area contributed by atoms with Crippen LogP contribution in [0.25, 0.3) is 0 Å². The second-order valence-electron chi connectivity index (χ2n) is 5.59. The van der Waals surface area contributed by atoms with E-state index in [9.17, 15) is 0 Å². The molecule has 2 nitrogen and oxygen atoms in total. The van der Waals surface area contributed by atoms with E-state index in [4.69, 9.17) is 11.6 Å². The maximum Gasteiger partial charge on any atom is 0.0471 e. The average molecular weight is 265 g/mol. The molecule has 98 valence electrons. The number of nitrogens with zero attached hydrogens (tertiary/aromatic N) is 1. The zero-order valence-electron chi connectivity index (χ0n) is 11.0. The highest BCUT2D eigenvalue weighted by Crippen LogP contribution is 2.40. The third-order valence-corrected chi connectivity index (χ3v) is 4.25. The first-order valence-electron chi connectivity index (χ1n) is 6.98. The number of nitrogens with one attached hydrogen (secondary N) is 1. The smallest absolute Gasteiger partial charge is 0.0471 e. The minimum Gasteiger partial charge on any atom is -0.368 e. The van der Waals surface area contributed by atoms with E-state index in [0.29, 0.717) is 0 Å². The predicted octanol–water partition coefficient (Wildman–Crippen LogP) is 3.44. The van der Waals surface area contributed by atoms with E-state index in [-0.39, 0.29) is 0 Å². The summed E-state index contributed by atoms with van der Waals surface area (Å²) < 4.78 is 0. The Morgan fingerprint density at radius 3 is 2.67 bits per heavy atom. The molecule has 3 rings (SSSR count). The molecule has 1 aromatic rings. The van der Waals surface area contributed by atoms with Gasteiger partial charge in [-0.2, -0.15) is 0 Å². The Bertz CT molecular complexity index is 425. The lowest BCUT2D eigenvalue weighted by atomic mass is 10.1. The van der Waals surface area contributed by atoms with E-state index in [0.717, 1.165) is 23.5 Å². The molecule has 3 heteroatoms. The van der Waals surface area contributed by atoms with Crippen molar-refractivity contribution in [2.75, 3.05) is 18.5 Å². The first-order chi connectivity index (χ1) is 8.79. The minimum atomic E-state index is 0.764. The highest BCUT2D eigenvalue weighted by Gasteiger charge is 2.34. The summed E-state index contributed by atoms with van der Waals surface area (Å²) in [7, 11) is 1.98. The topological polar surface area (TPSA) is 15.3 Å². The summed E-state index contributed by atoms with van der Waals surface area (Å²) in [6, 6.07) is 7.08. The Hall–Kier alpha value is -0.730. The molecule has 1 N–H and O–H groups in total. The van der Waals surface area contributed by atoms with Crippen molar-refractivity contribution < 1.29 is 0 Å². The standard InChI is InChI=1S/C15H21ClN2/c1-17-9-13-14(16)3-2-4-15(13)18(12-7-8-12)10-11-5-6-11/h2-4,11-12,17H,5-10H2,1H3. The van der Waals surface area contributed by atoms with Crippen molar-refractivity contribution in [1.82, 2.24) is 5.32 Å². The van der Waals surface area contributed by atoms with Gasteiger partial charge in [0.1, 0.15) is 0 Å². The van der Waals surface area contributed by atoms with Crippen LogP contribution in [-0.4, -0.2) is 19.6 Å². The fraction of sp³-hybridized carbons (Fsp3) is 0.600. The molecular weight excluding hydrogens is 244 g/mol. The van der Waals surface area contributed by atoms with Crippen molar-refractivity contribution in [3.8, 4) is 0 Å². The van der Waals surface area contributed by atoms with E-state index in [1.807, 2.05) is 13.1 Å². The Labute approximate surface area is 114 Å². The minimum absolute atomic E-state index is 0.764. The molecule has 0 heterocycles. The summed E-state index contributed by atoms with van der Waals surface area (Å²) in [5.74, 6) is 0.923. The molecule has 18 heavy (non-hydrogen) atoms. The monoisotopic (exact) mass is 264 g/mol. The van der Waals surface area contributed by atoms with Crippen molar-refractivity contribution in [3.63, 3.8) is 0 Å². The van der Waals surface area contributed by atoms with Crippen LogP contribution in [0.1, 0.15) is 31.2 Å². The van der Waals surface area contributed by atoms with Gasteiger partial charge in [-0.05, 0) is 50.8 Å². The maximum absolute atomic E-state index is 6.36. The van der Waals surface area contributed by atoms with Crippen molar-refractivity contribution >= 4 is 17.3 Å². The summed E-state index contributed by atoms with van der Waals surface area (Å²) in [4.78, 5) is 2.61. The second-order valence-corrected chi connectivity index (χ2v) is 6.00. The molecule has 0 aromatic heterocycles. The highest BCUT2D eigenvalue weighted by molar-refractivity contribution is 6.31. The first-order valence-corrected chi connectivity index (χ1v) is 7.36. The van der Waals surface area contributed by atoms with E-state index < -0.39 is 0 Å². The third kappa shape index (κ3) is 2.65. The van der Waals surface area contributed by atoms with Gasteiger partial charge in [0.2, 0.25) is 0 Å². The largest absolute Gasteiger partial charge is 0.368 e. The molecule has 0 radical (unpaired) electrons. The van der Waals surface area contributed by atoms with Gasteiger partial charge in [-0.15, -0.1) is 0 Å². The highest BCUT2D eigenvalue weighted by atomic mass is 35.5. The molecule has 0 aliphatic heterocycles. The van der Waals surface area contributed by atoms with Crippen LogP contribution in [0, 0.1) is 5.92 Å². The summed E-state index contributed by atoms with van der Waals surface area (Å²) in [6.07, 6.45) is 5.51. The van der Waals surface area contributed by atoms with Gasteiger partial charge in [0, 0.05) is 35.4 Å². The van der Waals surface area contributed by atoms with Crippen molar-refractivity contribution in [3.05, 3.63) is 28.8 Å². The molecule has 0 atom stereocenters. The van der Waals surface area contributed by atoms with Gasteiger partial charge >= 0.3 is 0 Å². The van der Waals surface area contributed by atoms with Gasteiger partial charge in [-0.1, -0.05) is 17.7 Å². The molecule has 2 fully saturated rings. The van der Waals surface area contributed by atoms with Crippen molar-refractivity contribution in [2.45, 2.75) is 38.3 Å². The third-order valence-electron chi connectivity index (χ3n) is 3.90. The fourth-order valence-electron chi connectivity index (χ4n) is 2.58. The Balaban J connectivity index is 1.88. The molecule has 0 spiro atoms. The SMILES string of the molecule is CNCc1c(Cl)cccc1N(CC1CC1)C1CC1. The number of benzene rings is 1. The summed E-state index contributed by atoms with van der Waals surface area (Å²) in [6.45, 7) is 2.07. The second kappa shape index (κ2) is 5.10. The summed E-state index contributed by atoms with van der Waals surface area (Å²) in [5.41, 5.74) is 2.61. The molecule has 2 saturated carbocycles. The molecule has 0 saturated heterocycles. The average Bonchev–Trinajstić information content (AvgIpc) is 3.23. The lowest BCUT2D eigenvalue weighted by Gasteiger charge is -2.27.